The first kappa shape index (κ1) is 27.8. The van der Waals surface area contributed by atoms with Crippen molar-refractivity contribution in [3.05, 3.63) is 18.5 Å². The van der Waals surface area contributed by atoms with E-state index in [9.17, 15) is 5.11 Å². The van der Waals surface area contributed by atoms with Crippen molar-refractivity contribution < 1.29 is 5.11 Å². The van der Waals surface area contributed by atoms with Crippen molar-refractivity contribution in [2.24, 2.45) is 10.4 Å². The predicted molar refractivity (Wildman–Crippen MR) is 139 cm³/mol. The molecule has 1 aliphatic rings. The molecule has 0 radical (unpaired) electrons. The lowest BCUT2D eigenvalue weighted by Crippen LogP contribution is -2.47. The molecule has 31 heavy (non-hydrogen) atoms. The van der Waals surface area contributed by atoms with Gasteiger partial charge in [-0.05, 0) is 50.6 Å². The van der Waals surface area contributed by atoms with Crippen LogP contribution in [0.2, 0.25) is 0 Å². The van der Waals surface area contributed by atoms with Gasteiger partial charge in [0.25, 0.3) is 0 Å². The average molecular weight is 548 g/mol. The molecule has 1 aliphatic heterocycles. The number of aromatic nitrogens is 2. The van der Waals surface area contributed by atoms with Crippen LogP contribution in [0.1, 0.15) is 46.5 Å². The summed E-state index contributed by atoms with van der Waals surface area (Å²) in [6, 6.07) is 1.86. The van der Waals surface area contributed by atoms with Gasteiger partial charge >= 0.3 is 0 Å². The number of nitrogens with zero attached hydrogens (tertiary/aromatic N) is 5. The second-order valence-electron chi connectivity index (χ2n) is 8.03. The van der Waals surface area contributed by atoms with Gasteiger partial charge in [-0.25, -0.2) is 9.97 Å². The molecule has 0 aliphatic carbocycles. The lowest BCUT2D eigenvalue weighted by Gasteiger charge is -2.34. The Balaban J connectivity index is 0.00000480. The van der Waals surface area contributed by atoms with Crippen LogP contribution in [0.4, 0.5) is 5.95 Å². The molecule has 1 fully saturated rings. The van der Waals surface area contributed by atoms with Crippen LogP contribution in [-0.2, 0) is 0 Å². The zero-order valence-electron chi connectivity index (χ0n) is 19.5. The third-order valence-electron chi connectivity index (χ3n) is 6.21. The van der Waals surface area contributed by atoms with E-state index >= 15 is 0 Å². The van der Waals surface area contributed by atoms with E-state index in [4.69, 9.17) is 4.99 Å². The Kier molecular flexibility index (Phi) is 14.0. The van der Waals surface area contributed by atoms with Crippen LogP contribution in [0.25, 0.3) is 0 Å². The number of aliphatic hydroxyl groups excluding tert-OH is 1. The summed E-state index contributed by atoms with van der Waals surface area (Å²) in [6.45, 7) is 14.3. The Labute approximate surface area is 205 Å². The fourth-order valence-corrected chi connectivity index (χ4v) is 3.87. The van der Waals surface area contributed by atoms with Crippen molar-refractivity contribution in [1.29, 1.82) is 0 Å². The van der Waals surface area contributed by atoms with E-state index in [0.29, 0.717) is 0 Å². The van der Waals surface area contributed by atoms with Gasteiger partial charge in [-0.3, -0.25) is 9.89 Å². The highest BCUT2D eigenvalue weighted by atomic mass is 127. The number of aliphatic imine (C=N–C) groups is 1. The van der Waals surface area contributed by atoms with Gasteiger partial charge in [0.1, 0.15) is 0 Å². The molecule has 0 atom stereocenters. The largest absolute Gasteiger partial charge is 0.396 e. The summed E-state index contributed by atoms with van der Waals surface area (Å²) >= 11 is 0. The van der Waals surface area contributed by atoms with E-state index in [1.54, 1.807) is 12.4 Å². The quantitative estimate of drug-likeness (QED) is 0.160. The van der Waals surface area contributed by atoms with Crippen molar-refractivity contribution in [1.82, 2.24) is 25.5 Å². The Bertz CT molecular complexity index is 605. The van der Waals surface area contributed by atoms with Crippen LogP contribution in [0, 0.1) is 5.41 Å². The first-order valence-electron chi connectivity index (χ1n) is 11.5. The highest BCUT2D eigenvalue weighted by molar-refractivity contribution is 14.0. The molecular formula is C22H42IN7O. The maximum absolute atomic E-state index is 9.42. The number of aliphatic hydroxyl groups is 1. The topological polar surface area (TPSA) is 88.9 Å². The summed E-state index contributed by atoms with van der Waals surface area (Å²) in [6.07, 6.45) is 7.57. The number of hydrogen-bond donors (Lipinski definition) is 3. The Morgan fingerprint density at radius 2 is 1.77 bits per heavy atom. The van der Waals surface area contributed by atoms with Crippen molar-refractivity contribution in [2.45, 2.75) is 46.5 Å². The van der Waals surface area contributed by atoms with E-state index in [1.165, 1.54) is 0 Å². The Morgan fingerprint density at radius 3 is 2.35 bits per heavy atom. The van der Waals surface area contributed by atoms with Gasteiger partial charge in [-0.1, -0.05) is 13.8 Å². The third kappa shape index (κ3) is 9.44. The SMILES string of the molecule is CCNC(=NCC(CC)(CC)CCO)NCCCN1CCN(c2ncccn2)CC1.I. The number of halogens is 1. The number of guanidine groups is 1. The molecule has 0 aromatic carbocycles. The predicted octanol–water partition coefficient (Wildman–Crippen LogP) is 2.35. The molecule has 1 aromatic rings. The highest BCUT2D eigenvalue weighted by Gasteiger charge is 2.25. The molecule has 2 rings (SSSR count). The summed E-state index contributed by atoms with van der Waals surface area (Å²) in [4.78, 5) is 18.3. The lowest BCUT2D eigenvalue weighted by atomic mass is 9.79. The number of anilines is 1. The summed E-state index contributed by atoms with van der Waals surface area (Å²) in [5.74, 6) is 1.72. The zero-order chi connectivity index (χ0) is 21.7. The van der Waals surface area contributed by atoms with E-state index in [2.05, 4.69) is 51.2 Å². The summed E-state index contributed by atoms with van der Waals surface area (Å²) in [5, 5.41) is 16.2. The molecule has 3 N–H and O–H groups in total. The standard InChI is InChI=1S/C22H41N7O.HI/c1-4-22(5-2,9-18-30)19-27-20(23-6-3)24-12-8-13-28-14-16-29(17-15-28)21-25-10-7-11-26-21;/h7,10-11,30H,4-6,8-9,12-19H2,1-3H3,(H2,23,24,27);1H. The van der Waals surface area contributed by atoms with Crippen LogP contribution in [0.5, 0.6) is 0 Å². The van der Waals surface area contributed by atoms with Crippen molar-refractivity contribution in [3.8, 4) is 0 Å². The molecule has 1 saturated heterocycles. The monoisotopic (exact) mass is 547 g/mol. The maximum Gasteiger partial charge on any atom is 0.225 e. The molecule has 0 amide bonds. The maximum atomic E-state index is 9.42. The van der Waals surface area contributed by atoms with Crippen LogP contribution in [0.15, 0.2) is 23.5 Å². The molecule has 178 valence electrons. The van der Waals surface area contributed by atoms with E-state index in [1.807, 2.05) is 6.07 Å². The molecule has 0 unspecified atom stereocenters. The number of piperazine rings is 1. The first-order valence-corrected chi connectivity index (χ1v) is 11.5. The third-order valence-corrected chi connectivity index (χ3v) is 6.21. The number of hydrogen-bond acceptors (Lipinski definition) is 6. The van der Waals surface area contributed by atoms with Crippen LogP contribution >= 0.6 is 24.0 Å². The van der Waals surface area contributed by atoms with Gasteiger partial charge in [0.15, 0.2) is 5.96 Å². The van der Waals surface area contributed by atoms with Crippen LogP contribution < -0.4 is 15.5 Å². The Morgan fingerprint density at radius 1 is 1.10 bits per heavy atom. The second kappa shape index (κ2) is 15.6. The summed E-state index contributed by atoms with van der Waals surface area (Å²) in [5.41, 5.74) is 0.0965. The van der Waals surface area contributed by atoms with Gasteiger partial charge in [0.05, 0.1) is 0 Å². The summed E-state index contributed by atoms with van der Waals surface area (Å²) < 4.78 is 0. The zero-order valence-corrected chi connectivity index (χ0v) is 21.8. The van der Waals surface area contributed by atoms with Crippen molar-refractivity contribution >= 4 is 35.9 Å². The minimum Gasteiger partial charge on any atom is -0.396 e. The fourth-order valence-electron chi connectivity index (χ4n) is 3.87. The average Bonchev–Trinajstić information content (AvgIpc) is 2.80. The normalized spacial score (nSPS) is 15.5. The van der Waals surface area contributed by atoms with E-state index in [0.717, 1.165) is 89.9 Å². The van der Waals surface area contributed by atoms with Crippen molar-refractivity contribution in [3.63, 3.8) is 0 Å². The summed E-state index contributed by atoms with van der Waals surface area (Å²) in [7, 11) is 0. The molecule has 8 nitrogen and oxygen atoms in total. The van der Waals surface area contributed by atoms with Crippen molar-refractivity contribution in [2.75, 3.05) is 63.9 Å². The lowest BCUT2D eigenvalue weighted by molar-refractivity contribution is 0.175. The minimum atomic E-state index is 0. The molecule has 1 aromatic heterocycles. The van der Waals surface area contributed by atoms with Gasteiger partial charge in [-0.2, -0.15) is 0 Å². The smallest absolute Gasteiger partial charge is 0.225 e. The van der Waals surface area contributed by atoms with Gasteiger partial charge in [-0.15, -0.1) is 24.0 Å². The molecule has 2 heterocycles. The van der Waals surface area contributed by atoms with Gasteiger partial charge in [0, 0.05) is 64.8 Å². The molecule has 0 spiro atoms. The molecular weight excluding hydrogens is 505 g/mol. The van der Waals surface area contributed by atoms with E-state index in [-0.39, 0.29) is 36.0 Å². The highest BCUT2D eigenvalue weighted by Crippen LogP contribution is 2.30. The molecule has 0 bridgehead atoms. The van der Waals surface area contributed by atoms with E-state index < -0.39 is 0 Å². The number of rotatable bonds is 12. The minimum absolute atomic E-state index is 0. The Hall–Kier alpha value is -1.20. The molecule has 9 heteroatoms. The van der Waals surface area contributed by atoms with Gasteiger partial charge in [0.2, 0.25) is 5.95 Å². The van der Waals surface area contributed by atoms with Crippen LogP contribution in [0.3, 0.4) is 0 Å². The van der Waals surface area contributed by atoms with Crippen LogP contribution in [-0.4, -0.2) is 84.9 Å². The number of nitrogens with one attached hydrogen (secondary N) is 2. The first-order chi connectivity index (χ1) is 14.7. The fraction of sp³-hybridized carbons (Fsp3) is 0.773. The van der Waals surface area contributed by atoms with Gasteiger partial charge < -0.3 is 20.6 Å². The molecule has 0 saturated carbocycles. The second-order valence-corrected chi connectivity index (χ2v) is 8.03.